The molecule has 2 heteroatoms. The Morgan fingerprint density at radius 3 is 2.50 bits per heavy atom. The highest BCUT2D eigenvalue weighted by Gasteiger charge is 2.01. The molecule has 0 aliphatic heterocycles. The minimum atomic E-state index is -0.628. The van der Waals surface area contributed by atoms with Gasteiger partial charge in [-0.15, -0.1) is 11.8 Å². The van der Waals surface area contributed by atoms with Crippen LogP contribution in [0.25, 0.3) is 0 Å². The van der Waals surface area contributed by atoms with Crippen LogP contribution < -0.4 is 0 Å². The van der Waals surface area contributed by atoms with Crippen molar-refractivity contribution in [3.63, 3.8) is 0 Å². The van der Waals surface area contributed by atoms with Crippen LogP contribution in [0, 0.1) is 0 Å². The normalized spacial score (nSPS) is 13.5. The zero-order valence-electron chi connectivity index (χ0n) is 6.90. The molecule has 0 spiro atoms. The molecule has 0 radical (unpaired) electrons. The fraction of sp³-hybridized carbons (Fsp3) is 1.00. The van der Waals surface area contributed by atoms with E-state index >= 15 is 0 Å². The summed E-state index contributed by atoms with van der Waals surface area (Å²) in [6.07, 6.45) is 7.29. The molecular formula is C8H17FS. The third kappa shape index (κ3) is 6.40. The van der Waals surface area contributed by atoms with Crippen molar-refractivity contribution in [1.82, 2.24) is 0 Å². The Kier molecular flexibility index (Phi) is 7.59. The van der Waals surface area contributed by atoms with Gasteiger partial charge in [-0.1, -0.05) is 26.2 Å². The van der Waals surface area contributed by atoms with Crippen molar-refractivity contribution in [3.8, 4) is 0 Å². The van der Waals surface area contributed by atoms with Crippen molar-refractivity contribution in [2.75, 3.05) is 6.26 Å². The Morgan fingerprint density at radius 2 is 2.00 bits per heavy atom. The van der Waals surface area contributed by atoms with Crippen molar-refractivity contribution < 1.29 is 4.39 Å². The number of halogens is 1. The van der Waals surface area contributed by atoms with E-state index in [2.05, 4.69) is 6.92 Å². The first kappa shape index (κ1) is 10.3. The quantitative estimate of drug-likeness (QED) is 0.540. The summed E-state index contributed by atoms with van der Waals surface area (Å²) >= 11 is 1.32. The number of hydrogen-bond acceptors (Lipinski definition) is 1. The van der Waals surface area contributed by atoms with Gasteiger partial charge in [0.2, 0.25) is 0 Å². The van der Waals surface area contributed by atoms with E-state index in [1.165, 1.54) is 31.0 Å². The standard InChI is InChI=1S/C8H17FS/c1-3-4-5-6-7-8(9)10-2/h8H,3-7H2,1-2H3. The summed E-state index contributed by atoms with van der Waals surface area (Å²) in [4.78, 5) is 0. The Morgan fingerprint density at radius 1 is 1.30 bits per heavy atom. The monoisotopic (exact) mass is 164 g/mol. The van der Waals surface area contributed by atoms with E-state index in [-0.39, 0.29) is 0 Å². The smallest absolute Gasteiger partial charge is 0.145 e. The molecule has 0 aliphatic carbocycles. The zero-order valence-corrected chi connectivity index (χ0v) is 7.72. The van der Waals surface area contributed by atoms with Crippen LogP contribution in [0.4, 0.5) is 4.39 Å². The van der Waals surface area contributed by atoms with Gasteiger partial charge < -0.3 is 0 Å². The molecule has 1 unspecified atom stereocenters. The van der Waals surface area contributed by atoms with Crippen LogP contribution in [-0.2, 0) is 0 Å². The summed E-state index contributed by atoms with van der Waals surface area (Å²) < 4.78 is 12.5. The maximum atomic E-state index is 12.5. The summed E-state index contributed by atoms with van der Waals surface area (Å²) in [6, 6.07) is 0. The second kappa shape index (κ2) is 7.39. The molecule has 0 fully saturated rings. The number of rotatable bonds is 6. The highest BCUT2D eigenvalue weighted by atomic mass is 32.2. The maximum absolute atomic E-state index is 12.5. The molecule has 62 valence electrons. The molecule has 0 nitrogen and oxygen atoms in total. The Hall–Kier alpha value is 0.280. The van der Waals surface area contributed by atoms with Gasteiger partial charge in [0, 0.05) is 0 Å². The molecule has 1 atom stereocenters. The van der Waals surface area contributed by atoms with Gasteiger partial charge in [0.05, 0.1) is 0 Å². The largest absolute Gasteiger partial charge is 0.236 e. The summed E-state index contributed by atoms with van der Waals surface area (Å²) in [5, 5.41) is 0. The van der Waals surface area contributed by atoms with Crippen molar-refractivity contribution in [2.45, 2.75) is 44.5 Å². The third-order valence-corrected chi connectivity index (χ3v) is 2.29. The van der Waals surface area contributed by atoms with Crippen LogP contribution >= 0.6 is 11.8 Å². The first-order chi connectivity index (χ1) is 4.81. The van der Waals surface area contributed by atoms with Gasteiger partial charge >= 0.3 is 0 Å². The summed E-state index contributed by atoms with van der Waals surface area (Å²) in [5.74, 6) is 0. The predicted octanol–water partition coefficient (Wildman–Crippen LogP) is 3.62. The van der Waals surface area contributed by atoms with Gasteiger partial charge in [-0.05, 0) is 19.1 Å². The number of hydrogen-bond donors (Lipinski definition) is 0. The second-order valence-corrected chi connectivity index (χ2v) is 3.48. The van der Waals surface area contributed by atoms with Gasteiger partial charge in [-0.2, -0.15) is 0 Å². The minimum Gasteiger partial charge on any atom is -0.236 e. The molecular weight excluding hydrogens is 147 g/mol. The average molecular weight is 164 g/mol. The van der Waals surface area contributed by atoms with Gasteiger partial charge in [0.25, 0.3) is 0 Å². The van der Waals surface area contributed by atoms with Crippen molar-refractivity contribution >= 4 is 11.8 Å². The minimum absolute atomic E-state index is 0.628. The molecule has 0 aromatic heterocycles. The van der Waals surface area contributed by atoms with E-state index in [0.717, 1.165) is 12.8 Å². The van der Waals surface area contributed by atoms with Gasteiger partial charge in [0.1, 0.15) is 5.50 Å². The fourth-order valence-electron chi connectivity index (χ4n) is 0.849. The maximum Gasteiger partial charge on any atom is 0.145 e. The number of thioether (sulfide) groups is 1. The van der Waals surface area contributed by atoms with Crippen molar-refractivity contribution in [3.05, 3.63) is 0 Å². The molecule has 0 aromatic rings. The Labute approximate surface area is 67.6 Å². The Balaban J connectivity index is 2.89. The van der Waals surface area contributed by atoms with E-state index in [0.29, 0.717) is 0 Å². The molecule has 0 rings (SSSR count). The van der Waals surface area contributed by atoms with E-state index in [1.807, 2.05) is 6.26 Å². The first-order valence-corrected chi connectivity index (χ1v) is 5.27. The molecule has 0 aromatic carbocycles. The molecule has 0 N–H and O–H groups in total. The first-order valence-electron chi connectivity index (χ1n) is 3.98. The molecule has 0 saturated heterocycles. The van der Waals surface area contributed by atoms with Crippen LogP contribution in [0.1, 0.15) is 39.0 Å². The molecule has 0 saturated carbocycles. The highest BCUT2D eigenvalue weighted by molar-refractivity contribution is 7.99. The molecule has 0 amide bonds. The summed E-state index contributed by atoms with van der Waals surface area (Å²) in [5.41, 5.74) is -0.628. The fourth-order valence-corrected chi connectivity index (χ4v) is 1.25. The van der Waals surface area contributed by atoms with Gasteiger partial charge in [0.15, 0.2) is 0 Å². The average Bonchev–Trinajstić information content (AvgIpc) is 1.98. The lowest BCUT2D eigenvalue weighted by Crippen LogP contribution is -1.91. The lowest BCUT2D eigenvalue weighted by molar-refractivity contribution is 0.413. The van der Waals surface area contributed by atoms with Crippen LogP contribution in [0.3, 0.4) is 0 Å². The number of alkyl halides is 1. The van der Waals surface area contributed by atoms with E-state index in [4.69, 9.17) is 0 Å². The van der Waals surface area contributed by atoms with E-state index in [9.17, 15) is 4.39 Å². The third-order valence-electron chi connectivity index (χ3n) is 1.54. The van der Waals surface area contributed by atoms with Crippen LogP contribution in [0.2, 0.25) is 0 Å². The molecule has 0 aliphatic rings. The topological polar surface area (TPSA) is 0 Å². The van der Waals surface area contributed by atoms with Gasteiger partial charge in [-0.25, -0.2) is 4.39 Å². The lowest BCUT2D eigenvalue weighted by atomic mass is 10.2. The summed E-state index contributed by atoms with van der Waals surface area (Å²) in [6.45, 7) is 2.17. The second-order valence-electron chi connectivity index (χ2n) is 2.50. The molecule has 0 bridgehead atoms. The predicted molar refractivity (Wildman–Crippen MR) is 47.2 cm³/mol. The van der Waals surface area contributed by atoms with E-state index in [1.54, 1.807) is 0 Å². The SMILES string of the molecule is CCCCCCC(F)SC. The van der Waals surface area contributed by atoms with Crippen LogP contribution in [-0.4, -0.2) is 11.8 Å². The summed E-state index contributed by atoms with van der Waals surface area (Å²) in [7, 11) is 0. The highest BCUT2D eigenvalue weighted by Crippen LogP contribution is 2.15. The van der Waals surface area contributed by atoms with Gasteiger partial charge in [-0.3, -0.25) is 0 Å². The van der Waals surface area contributed by atoms with Crippen molar-refractivity contribution in [1.29, 1.82) is 0 Å². The Bertz CT molecular complexity index is 66.3. The molecule has 0 heterocycles. The zero-order chi connectivity index (χ0) is 7.82. The van der Waals surface area contributed by atoms with Crippen LogP contribution in [0.5, 0.6) is 0 Å². The number of unbranched alkanes of at least 4 members (excludes halogenated alkanes) is 3. The van der Waals surface area contributed by atoms with Crippen molar-refractivity contribution in [2.24, 2.45) is 0 Å². The lowest BCUT2D eigenvalue weighted by Gasteiger charge is -2.02. The van der Waals surface area contributed by atoms with E-state index < -0.39 is 5.50 Å². The van der Waals surface area contributed by atoms with Crippen LogP contribution in [0.15, 0.2) is 0 Å². The molecule has 10 heavy (non-hydrogen) atoms.